The highest BCUT2D eigenvalue weighted by atomic mass is 16.2. The number of aromatic nitrogens is 3. The van der Waals surface area contributed by atoms with Gasteiger partial charge in [0.05, 0.1) is 12.5 Å². The van der Waals surface area contributed by atoms with Crippen molar-refractivity contribution in [3.63, 3.8) is 0 Å². The van der Waals surface area contributed by atoms with Crippen molar-refractivity contribution in [1.82, 2.24) is 24.4 Å². The second-order valence-corrected chi connectivity index (χ2v) is 6.87. The van der Waals surface area contributed by atoms with Gasteiger partial charge in [-0.3, -0.25) is 14.0 Å². The molecular weight excluding hydrogens is 322 g/mol. The lowest BCUT2D eigenvalue weighted by Crippen LogP contribution is -2.36. The first-order valence-corrected chi connectivity index (χ1v) is 8.71. The summed E-state index contributed by atoms with van der Waals surface area (Å²) in [5.74, 6) is 0.295. The summed E-state index contributed by atoms with van der Waals surface area (Å²) < 4.78 is 2.81. The average molecular weight is 343 g/mol. The number of nitrogens with zero attached hydrogens (tertiary/aromatic N) is 4. The molecule has 2 aromatic rings. The van der Waals surface area contributed by atoms with Gasteiger partial charge in [0.1, 0.15) is 0 Å². The minimum absolute atomic E-state index is 0.0728. The number of hydrogen-bond donors (Lipinski definition) is 1. The van der Waals surface area contributed by atoms with E-state index >= 15 is 0 Å². The maximum Gasteiger partial charge on any atom is 0.350 e. The van der Waals surface area contributed by atoms with Crippen LogP contribution < -0.4 is 11.0 Å². The Bertz CT molecular complexity index is 867. The van der Waals surface area contributed by atoms with Crippen molar-refractivity contribution < 1.29 is 9.59 Å². The van der Waals surface area contributed by atoms with E-state index in [1.165, 1.54) is 21.9 Å². The van der Waals surface area contributed by atoms with Crippen LogP contribution >= 0.6 is 0 Å². The molecule has 1 aliphatic heterocycles. The van der Waals surface area contributed by atoms with Gasteiger partial charge in [-0.1, -0.05) is 6.07 Å². The van der Waals surface area contributed by atoms with Crippen molar-refractivity contribution in [3.8, 4) is 0 Å². The first-order valence-electron chi connectivity index (χ1n) is 8.71. The minimum Gasteiger partial charge on any atom is -0.354 e. The molecule has 0 aromatic carbocycles. The summed E-state index contributed by atoms with van der Waals surface area (Å²) in [5, 5.41) is 7.05. The van der Waals surface area contributed by atoms with Gasteiger partial charge < -0.3 is 10.2 Å². The summed E-state index contributed by atoms with van der Waals surface area (Å²) in [4.78, 5) is 38.2. The molecule has 25 heavy (non-hydrogen) atoms. The van der Waals surface area contributed by atoms with Gasteiger partial charge in [-0.2, -0.15) is 0 Å². The third kappa shape index (κ3) is 3.29. The van der Waals surface area contributed by atoms with Crippen molar-refractivity contribution >= 4 is 17.5 Å². The zero-order chi connectivity index (χ0) is 17.4. The third-order valence-corrected chi connectivity index (χ3v) is 4.87. The molecule has 132 valence electrons. The predicted octanol–water partition coefficient (Wildman–Crippen LogP) is -0.129. The molecule has 4 rings (SSSR count). The Morgan fingerprint density at radius 1 is 1.28 bits per heavy atom. The van der Waals surface area contributed by atoms with E-state index in [4.69, 9.17) is 0 Å². The first kappa shape index (κ1) is 15.9. The Morgan fingerprint density at radius 3 is 2.88 bits per heavy atom. The van der Waals surface area contributed by atoms with Crippen molar-refractivity contribution in [3.05, 3.63) is 34.9 Å². The van der Waals surface area contributed by atoms with Crippen LogP contribution in [0.5, 0.6) is 0 Å². The molecule has 2 aromatic heterocycles. The van der Waals surface area contributed by atoms with E-state index < -0.39 is 0 Å². The molecule has 2 amide bonds. The van der Waals surface area contributed by atoms with Gasteiger partial charge >= 0.3 is 5.69 Å². The topological polar surface area (TPSA) is 88.7 Å². The summed E-state index contributed by atoms with van der Waals surface area (Å²) in [5.41, 5.74) is 0.354. The largest absolute Gasteiger partial charge is 0.354 e. The van der Waals surface area contributed by atoms with E-state index in [-0.39, 0.29) is 29.8 Å². The van der Waals surface area contributed by atoms with Crippen molar-refractivity contribution in [2.75, 3.05) is 19.6 Å². The number of nitrogens with one attached hydrogen (secondary N) is 1. The number of fused-ring (bicyclic) bond motifs is 1. The van der Waals surface area contributed by atoms with Crippen molar-refractivity contribution in [2.24, 2.45) is 11.8 Å². The molecule has 1 atom stereocenters. The second kappa shape index (κ2) is 6.34. The van der Waals surface area contributed by atoms with Crippen LogP contribution in [0.25, 0.3) is 5.65 Å². The van der Waals surface area contributed by atoms with Crippen molar-refractivity contribution in [1.29, 1.82) is 0 Å². The third-order valence-electron chi connectivity index (χ3n) is 4.87. The maximum absolute atomic E-state index is 12.3. The quantitative estimate of drug-likeness (QED) is 0.791. The van der Waals surface area contributed by atoms with E-state index in [0.717, 1.165) is 6.54 Å². The monoisotopic (exact) mass is 343 g/mol. The standard InChI is InChI=1S/C17H21N5O3/c23-15-9-13(11-20(15)10-12-4-5-12)16(24)18-6-8-22-17(25)21-7-2-1-3-14(21)19-22/h1-3,7,12-13H,4-6,8-11H2,(H,18,24)/t13-/m1/s1. The number of amides is 2. The zero-order valence-electron chi connectivity index (χ0n) is 13.9. The van der Waals surface area contributed by atoms with E-state index in [0.29, 0.717) is 31.2 Å². The summed E-state index contributed by atoms with van der Waals surface area (Å²) in [6, 6.07) is 5.35. The van der Waals surface area contributed by atoms with Crippen LogP contribution in [0.15, 0.2) is 29.2 Å². The fourth-order valence-corrected chi connectivity index (χ4v) is 3.28. The number of carbonyl (C=O) groups is 2. The molecule has 3 heterocycles. The summed E-state index contributed by atoms with van der Waals surface area (Å²) >= 11 is 0. The van der Waals surface area contributed by atoms with Gasteiger partial charge in [0, 0.05) is 32.3 Å². The van der Waals surface area contributed by atoms with Gasteiger partial charge in [-0.05, 0) is 30.9 Å². The Balaban J connectivity index is 1.30. The lowest BCUT2D eigenvalue weighted by atomic mass is 10.1. The highest BCUT2D eigenvalue weighted by Crippen LogP contribution is 2.31. The molecule has 0 unspecified atom stereocenters. The van der Waals surface area contributed by atoms with Gasteiger partial charge in [0.2, 0.25) is 11.8 Å². The molecule has 0 spiro atoms. The zero-order valence-corrected chi connectivity index (χ0v) is 13.9. The van der Waals surface area contributed by atoms with Crippen LogP contribution in [0.2, 0.25) is 0 Å². The predicted molar refractivity (Wildman–Crippen MR) is 89.9 cm³/mol. The van der Waals surface area contributed by atoms with Crippen LogP contribution in [0.3, 0.4) is 0 Å². The summed E-state index contributed by atoms with van der Waals surface area (Å²) in [6.07, 6.45) is 4.33. The lowest BCUT2D eigenvalue weighted by molar-refractivity contribution is -0.129. The number of pyridine rings is 1. The van der Waals surface area contributed by atoms with E-state index in [2.05, 4.69) is 10.4 Å². The summed E-state index contributed by atoms with van der Waals surface area (Å²) in [6.45, 7) is 1.92. The molecule has 8 nitrogen and oxygen atoms in total. The van der Waals surface area contributed by atoms with E-state index in [9.17, 15) is 14.4 Å². The molecule has 2 aliphatic rings. The Morgan fingerprint density at radius 2 is 2.12 bits per heavy atom. The van der Waals surface area contributed by atoms with Gasteiger partial charge in [0.15, 0.2) is 5.65 Å². The molecule has 2 fully saturated rings. The average Bonchev–Trinajstić information content (AvgIpc) is 3.27. The number of hydrogen-bond acceptors (Lipinski definition) is 4. The number of likely N-dealkylation sites (tertiary alicyclic amines) is 1. The molecule has 1 saturated carbocycles. The molecule has 1 saturated heterocycles. The maximum atomic E-state index is 12.3. The highest BCUT2D eigenvalue weighted by molar-refractivity contribution is 5.89. The van der Waals surface area contributed by atoms with Crippen molar-refractivity contribution in [2.45, 2.75) is 25.8 Å². The van der Waals surface area contributed by atoms with Crippen LogP contribution in [-0.4, -0.2) is 50.5 Å². The number of rotatable bonds is 6. The lowest BCUT2D eigenvalue weighted by Gasteiger charge is -2.15. The van der Waals surface area contributed by atoms with Crippen LogP contribution in [0.4, 0.5) is 0 Å². The smallest absolute Gasteiger partial charge is 0.350 e. The van der Waals surface area contributed by atoms with Gasteiger partial charge in [-0.25, -0.2) is 9.48 Å². The molecule has 8 heteroatoms. The van der Waals surface area contributed by atoms with E-state index in [1.807, 2.05) is 11.0 Å². The SMILES string of the molecule is O=C(NCCn1nc2ccccn2c1=O)[C@@H]1CC(=O)N(CC2CC2)C1. The van der Waals surface area contributed by atoms with Crippen LogP contribution in [-0.2, 0) is 16.1 Å². The second-order valence-electron chi connectivity index (χ2n) is 6.87. The molecule has 1 aliphatic carbocycles. The normalized spacial score (nSPS) is 20.4. The Labute approximate surface area is 144 Å². The minimum atomic E-state index is -0.288. The molecular formula is C17H21N5O3. The number of carbonyl (C=O) groups excluding carboxylic acids is 2. The van der Waals surface area contributed by atoms with Gasteiger partial charge in [-0.15, -0.1) is 5.10 Å². The van der Waals surface area contributed by atoms with E-state index in [1.54, 1.807) is 18.3 Å². The first-order chi connectivity index (χ1) is 12.1. The molecule has 0 bridgehead atoms. The van der Waals surface area contributed by atoms with Crippen LogP contribution in [0.1, 0.15) is 19.3 Å². The van der Waals surface area contributed by atoms with Gasteiger partial charge in [0.25, 0.3) is 0 Å². The molecule has 1 N–H and O–H groups in total. The Kier molecular flexibility index (Phi) is 4.03. The summed E-state index contributed by atoms with van der Waals surface area (Å²) in [7, 11) is 0. The Hall–Kier alpha value is -2.64. The highest BCUT2D eigenvalue weighted by Gasteiger charge is 2.36. The fraction of sp³-hybridized carbons (Fsp3) is 0.529. The van der Waals surface area contributed by atoms with Crippen LogP contribution in [0, 0.1) is 11.8 Å². The molecule has 0 radical (unpaired) electrons. The fourth-order valence-electron chi connectivity index (χ4n) is 3.28.